The van der Waals surface area contributed by atoms with Gasteiger partial charge in [0.15, 0.2) is 0 Å². The molecule has 0 atom stereocenters. The van der Waals surface area contributed by atoms with Crippen molar-refractivity contribution < 1.29 is 9.59 Å². The van der Waals surface area contributed by atoms with Crippen LogP contribution in [0.15, 0.2) is 42.5 Å². The number of carbonyl (C=O) groups excluding carboxylic acids is 2. The Morgan fingerprint density at radius 1 is 0.778 bits per heavy atom. The topological polar surface area (TPSA) is 58.2 Å². The molecule has 2 aromatic carbocycles. The summed E-state index contributed by atoms with van der Waals surface area (Å²) in [7, 11) is 0. The predicted molar refractivity (Wildman–Crippen MR) is 110 cm³/mol. The molecule has 0 heterocycles. The van der Waals surface area contributed by atoms with Crippen LogP contribution in [0.5, 0.6) is 0 Å². The summed E-state index contributed by atoms with van der Waals surface area (Å²) in [5.41, 5.74) is 5.07. The van der Waals surface area contributed by atoms with Crippen molar-refractivity contribution in [3.05, 3.63) is 59.2 Å². The summed E-state index contributed by atoms with van der Waals surface area (Å²) in [6.07, 6.45) is 3.01. The molecular weight excluding hydrogens is 336 g/mol. The van der Waals surface area contributed by atoms with Crippen molar-refractivity contribution in [1.82, 2.24) is 0 Å². The number of hydrogen-bond acceptors (Lipinski definition) is 2. The van der Waals surface area contributed by atoms with E-state index in [2.05, 4.69) is 16.7 Å². The van der Waals surface area contributed by atoms with Gasteiger partial charge in [-0.25, -0.2) is 0 Å². The van der Waals surface area contributed by atoms with E-state index >= 15 is 0 Å². The first-order valence-corrected chi connectivity index (χ1v) is 9.68. The molecule has 1 fully saturated rings. The maximum absolute atomic E-state index is 12.6. The third-order valence-corrected chi connectivity index (χ3v) is 5.36. The maximum Gasteiger partial charge on any atom is 0.227 e. The average Bonchev–Trinajstić information content (AvgIpc) is 2.63. The standard InChI is InChI=1S/C23H28N2O2/c1-15-12-16(2)14-20(13-15)24-22(26)18-8-10-19(11-9-18)23(27)25-21-7-5-4-6-17(21)3/h4-7,12-14,18-19H,8-11H2,1-3H3,(H,24,26)(H,25,27). The Bertz CT molecular complexity index is 816. The van der Waals surface area contributed by atoms with Crippen LogP contribution in [-0.4, -0.2) is 11.8 Å². The second-order valence-electron chi connectivity index (χ2n) is 7.72. The third-order valence-electron chi connectivity index (χ3n) is 5.36. The molecule has 0 saturated heterocycles. The molecule has 2 amide bonds. The highest BCUT2D eigenvalue weighted by Crippen LogP contribution is 2.31. The van der Waals surface area contributed by atoms with Crippen LogP contribution < -0.4 is 10.6 Å². The Labute approximate surface area is 161 Å². The SMILES string of the molecule is Cc1cc(C)cc(NC(=O)C2CCC(C(=O)Nc3ccccc3C)CC2)c1. The zero-order valence-electron chi connectivity index (χ0n) is 16.3. The molecule has 4 heteroatoms. The van der Waals surface area contributed by atoms with Crippen molar-refractivity contribution in [3.63, 3.8) is 0 Å². The molecule has 1 aliphatic rings. The van der Waals surface area contributed by atoms with Crippen LogP contribution in [0.25, 0.3) is 0 Å². The minimum absolute atomic E-state index is 0.0186. The zero-order chi connectivity index (χ0) is 19.4. The normalized spacial score (nSPS) is 19.4. The highest BCUT2D eigenvalue weighted by atomic mass is 16.2. The molecule has 1 saturated carbocycles. The number of benzene rings is 2. The summed E-state index contributed by atoms with van der Waals surface area (Å²) >= 11 is 0. The van der Waals surface area contributed by atoms with E-state index in [-0.39, 0.29) is 23.7 Å². The number of hydrogen-bond donors (Lipinski definition) is 2. The van der Waals surface area contributed by atoms with Gasteiger partial charge in [0.25, 0.3) is 0 Å². The molecule has 27 heavy (non-hydrogen) atoms. The van der Waals surface area contributed by atoms with Gasteiger partial charge in [0.2, 0.25) is 11.8 Å². The molecule has 0 bridgehead atoms. The molecule has 0 spiro atoms. The van der Waals surface area contributed by atoms with Gasteiger partial charge in [-0.05, 0) is 81.3 Å². The van der Waals surface area contributed by atoms with Gasteiger partial charge in [0, 0.05) is 23.2 Å². The van der Waals surface area contributed by atoms with E-state index in [1.165, 1.54) is 0 Å². The average molecular weight is 364 g/mol. The predicted octanol–water partition coefficient (Wildman–Crippen LogP) is 5.00. The Morgan fingerprint density at radius 3 is 1.85 bits per heavy atom. The second-order valence-corrected chi connectivity index (χ2v) is 7.72. The number of aryl methyl sites for hydroxylation is 3. The molecule has 2 aromatic rings. The van der Waals surface area contributed by atoms with E-state index in [4.69, 9.17) is 0 Å². The van der Waals surface area contributed by atoms with Crippen molar-refractivity contribution in [1.29, 1.82) is 0 Å². The summed E-state index contributed by atoms with van der Waals surface area (Å²) in [6.45, 7) is 6.05. The van der Waals surface area contributed by atoms with Gasteiger partial charge in [0.1, 0.15) is 0 Å². The zero-order valence-corrected chi connectivity index (χ0v) is 16.3. The summed E-state index contributed by atoms with van der Waals surface area (Å²) < 4.78 is 0. The third kappa shape index (κ3) is 4.97. The van der Waals surface area contributed by atoms with E-state index in [1.54, 1.807) is 0 Å². The molecule has 0 radical (unpaired) electrons. The molecule has 0 unspecified atom stereocenters. The molecule has 4 nitrogen and oxygen atoms in total. The lowest BCUT2D eigenvalue weighted by molar-refractivity contribution is -0.125. The number of para-hydroxylation sites is 1. The molecule has 142 valence electrons. The van der Waals surface area contributed by atoms with Crippen LogP contribution in [0, 0.1) is 32.6 Å². The van der Waals surface area contributed by atoms with Crippen molar-refractivity contribution in [2.24, 2.45) is 11.8 Å². The fourth-order valence-corrected chi connectivity index (χ4v) is 3.86. The molecule has 2 N–H and O–H groups in total. The van der Waals surface area contributed by atoms with E-state index < -0.39 is 0 Å². The van der Waals surface area contributed by atoms with Gasteiger partial charge in [-0.2, -0.15) is 0 Å². The van der Waals surface area contributed by atoms with Gasteiger partial charge in [0.05, 0.1) is 0 Å². The van der Waals surface area contributed by atoms with Gasteiger partial charge < -0.3 is 10.6 Å². The number of carbonyl (C=O) groups is 2. The fraction of sp³-hybridized carbons (Fsp3) is 0.391. The number of rotatable bonds is 4. The smallest absolute Gasteiger partial charge is 0.227 e. The minimum Gasteiger partial charge on any atom is -0.326 e. The van der Waals surface area contributed by atoms with Gasteiger partial charge in [-0.3, -0.25) is 9.59 Å². The first-order valence-electron chi connectivity index (χ1n) is 9.68. The first-order chi connectivity index (χ1) is 12.9. The van der Waals surface area contributed by atoms with Crippen LogP contribution >= 0.6 is 0 Å². The lowest BCUT2D eigenvalue weighted by Gasteiger charge is -2.27. The summed E-state index contributed by atoms with van der Waals surface area (Å²) in [6, 6.07) is 13.9. The molecule has 1 aliphatic carbocycles. The summed E-state index contributed by atoms with van der Waals surface area (Å²) in [5, 5.41) is 6.08. The number of anilines is 2. The molecular formula is C23H28N2O2. The molecule has 0 aromatic heterocycles. The number of amides is 2. The number of nitrogens with one attached hydrogen (secondary N) is 2. The highest BCUT2D eigenvalue weighted by Gasteiger charge is 2.30. The van der Waals surface area contributed by atoms with Crippen LogP contribution in [0.2, 0.25) is 0 Å². The maximum atomic E-state index is 12.6. The monoisotopic (exact) mass is 364 g/mol. The molecule has 3 rings (SSSR count). The Morgan fingerprint density at radius 2 is 1.30 bits per heavy atom. The molecule has 0 aliphatic heterocycles. The van der Waals surface area contributed by atoms with Crippen molar-refractivity contribution >= 4 is 23.2 Å². The highest BCUT2D eigenvalue weighted by molar-refractivity contribution is 5.95. The van der Waals surface area contributed by atoms with Crippen LogP contribution in [0.4, 0.5) is 11.4 Å². The lowest BCUT2D eigenvalue weighted by Crippen LogP contribution is -2.32. The summed E-state index contributed by atoms with van der Waals surface area (Å²) in [5.74, 6) is 0.0958. The Kier molecular flexibility index (Phi) is 5.94. The van der Waals surface area contributed by atoms with Crippen LogP contribution in [0.3, 0.4) is 0 Å². The van der Waals surface area contributed by atoms with Gasteiger partial charge in [-0.15, -0.1) is 0 Å². The first kappa shape index (κ1) is 19.2. The fourth-order valence-electron chi connectivity index (χ4n) is 3.86. The van der Waals surface area contributed by atoms with Crippen molar-refractivity contribution in [2.75, 3.05) is 10.6 Å². The minimum atomic E-state index is -0.0201. The van der Waals surface area contributed by atoms with E-state index in [0.717, 1.165) is 53.7 Å². The van der Waals surface area contributed by atoms with E-state index in [1.807, 2.05) is 57.2 Å². The van der Waals surface area contributed by atoms with E-state index in [9.17, 15) is 9.59 Å². The van der Waals surface area contributed by atoms with Crippen LogP contribution in [0.1, 0.15) is 42.4 Å². The Hall–Kier alpha value is -2.62. The lowest BCUT2D eigenvalue weighted by atomic mass is 9.81. The van der Waals surface area contributed by atoms with Gasteiger partial charge in [-0.1, -0.05) is 24.3 Å². The second kappa shape index (κ2) is 8.38. The van der Waals surface area contributed by atoms with E-state index in [0.29, 0.717) is 0 Å². The van der Waals surface area contributed by atoms with Gasteiger partial charge >= 0.3 is 0 Å². The largest absolute Gasteiger partial charge is 0.326 e. The van der Waals surface area contributed by atoms with Crippen molar-refractivity contribution in [3.8, 4) is 0 Å². The van der Waals surface area contributed by atoms with Crippen molar-refractivity contribution in [2.45, 2.75) is 46.5 Å². The summed E-state index contributed by atoms with van der Waals surface area (Å²) in [4.78, 5) is 25.1. The quantitative estimate of drug-likeness (QED) is 0.802. The Balaban J connectivity index is 1.53. The van der Waals surface area contributed by atoms with Crippen LogP contribution in [-0.2, 0) is 9.59 Å².